The second-order valence-corrected chi connectivity index (χ2v) is 5.61. The van der Waals surface area contributed by atoms with E-state index in [1.165, 1.54) is 11.1 Å². The molecule has 0 saturated carbocycles. The van der Waals surface area contributed by atoms with Crippen LogP contribution in [0.2, 0.25) is 0 Å². The van der Waals surface area contributed by atoms with Gasteiger partial charge in [0, 0.05) is 11.8 Å². The molecule has 0 amide bonds. The molecule has 21 heavy (non-hydrogen) atoms. The highest BCUT2D eigenvalue weighted by molar-refractivity contribution is 5.49. The van der Waals surface area contributed by atoms with Gasteiger partial charge in [0.1, 0.15) is 23.1 Å². The van der Waals surface area contributed by atoms with Gasteiger partial charge in [-0.3, -0.25) is 4.98 Å². The summed E-state index contributed by atoms with van der Waals surface area (Å²) in [7, 11) is 0. The van der Waals surface area contributed by atoms with Gasteiger partial charge in [0.15, 0.2) is 0 Å². The first-order chi connectivity index (χ1) is 9.92. The summed E-state index contributed by atoms with van der Waals surface area (Å²) in [5.41, 5.74) is 4.54. The number of aromatic nitrogens is 1. The molecule has 1 heterocycles. The van der Waals surface area contributed by atoms with Crippen LogP contribution in [-0.4, -0.2) is 4.98 Å². The molecule has 0 atom stereocenters. The Morgan fingerprint density at radius 3 is 2.43 bits per heavy atom. The summed E-state index contributed by atoms with van der Waals surface area (Å²) in [6, 6.07) is 10.0. The Labute approximate surface area is 126 Å². The van der Waals surface area contributed by atoms with Crippen LogP contribution in [-0.2, 0) is 0 Å². The number of pyridine rings is 1. The number of hydrogen-bond acceptors (Lipinski definition) is 3. The average Bonchev–Trinajstić information content (AvgIpc) is 2.37. The van der Waals surface area contributed by atoms with Gasteiger partial charge < -0.3 is 4.74 Å². The van der Waals surface area contributed by atoms with E-state index in [0.29, 0.717) is 22.9 Å². The Morgan fingerprint density at radius 2 is 1.86 bits per heavy atom. The van der Waals surface area contributed by atoms with Crippen LogP contribution in [0.25, 0.3) is 0 Å². The summed E-state index contributed by atoms with van der Waals surface area (Å²) in [6.45, 7) is 10.1. The number of rotatable bonds is 3. The Bertz CT molecular complexity index is 712. The summed E-state index contributed by atoms with van der Waals surface area (Å²) in [6.07, 6.45) is 0. The van der Waals surface area contributed by atoms with Gasteiger partial charge in [-0.25, -0.2) is 0 Å². The first-order valence-corrected chi connectivity index (χ1v) is 7.09. The molecule has 0 aliphatic heterocycles. The molecule has 0 fully saturated rings. The molecule has 3 heteroatoms. The largest absolute Gasteiger partial charge is 0.456 e. The van der Waals surface area contributed by atoms with Gasteiger partial charge >= 0.3 is 0 Å². The first-order valence-electron chi connectivity index (χ1n) is 7.09. The van der Waals surface area contributed by atoms with E-state index >= 15 is 0 Å². The van der Waals surface area contributed by atoms with Crippen molar-refractivity contribution < 1.29 is 4.74 Å². The normalized spacial score (nSPS) is 10.5. The Hall–Kier alpha value is -2.34. The highest BCUT2D eigenvalue weighted by atomic mass is 16.5. The molecule has 0 bridgehead atoms. The van der Waals surface area contributed by atoms with Gasteiger partial charge in [0.25, 0.3) is 0 Å². The van der Waals surface area contributed by atoms with Gasteiger partial charge in [-0.15, -0.1) is 0 Å². The van der Waals surface area contributed by atoms with E-state index in [-0.39, 0.29) is 0 Å². The van der Waals surface area contributed by atoms with Gasteiger partial charge in [-0.05, 0) is 49.9 Å². The van der Waals surface area contributed by atoms with Crippen LogP contribution in [0.3, 0.4) is 0 Å². The van der Waals surface area contributed by atoms with Crippen LogP contribution >= 0.6 is 0 Å². The van der Waals surface area contributed by atoms with E-state index < -0.39 is 0 Å². The van der Waals surface area contributed by atoms with E-state index in [0.717, 1.165) is 11.4 Å². The molecule has 0 radical (unpaired) electrons. The molecular weight excluding hydrogens is 260 g/mol. The van der Waals surface area contributed by atoms with Gasteiger partial charge in [0.05, 0.1) is 5.69 Å². The SMILES string of the molecule is Cc1cc(Oc2ccc(C(C)C)c(C)c2)c(C#N)c(C)n1. The minimum Gasteiger partial charge on any atom is -0.456 e. The molecule has 0 aliphatic carbocycles. The molecule has 0 aliphatic rings. The number of hydrogen-bond donors (Lipinski definition) is 0. The summed E-state index contributed by atoms with van der Waals surface area (Å²) < 4.78 is 5.92. The van der Waals surface area contributed by atoms with Crippen molar-refractivity contribution >= 4 is 0 Å². The Kier molecular flexibility index (Phi) is 4.28. The fourth-order valence-corrected chi connectivity index (χ4v) is 2.50. The second kappa shape index (κ2) is 5.97. The first kappa shape index (κ1) is 15.1. The third kappa shape index (κ3) is 3.22. The van der Waals surface area contributed by atoms with Crippen LogP contribution in [0.4, 0.5) is 0 Å². The summed E-state index contributed by atoms with van der Waals surface area (Å²) in [4.78, 5) is 4.30. The van der Waals surface area contributed by atoms with Crippen LogP contribution in [0.5, 0.6) is 11.5 Å². The van der Waals surface area contributed by atoms with Crippen molar-refractivity contribution in [1.82, 2.24) is 4.98 Å². The maximum Gasteiger partial charge on any atom is 0.148 e. The summed E-state index contributed by atoms with van der Waals surface area (Å²) in [5.74, 6) is 1.80. The number of ether oxygens (including phenoxy) is 1. The summed E-state index contributed by atoms with van der Waals surface area (Å²) >= 11 is 0. The van der Waals surface area contributed by atoms with Gasteiger partial charge in [0.2, 0.25) is 0 Å². The summed E-state index contributed by atoms with van der Waals surface area (Å²) in [5, 5.41) is 9.27. The van der Waals surface area contributed by atoms with E-state index in [2.05, 4.69) is 37.9 Å². The molecule has 0 unspecified atom stereocenters. The zero-order valence-corrected chi connectivity index (χ0v) is 13.2. The maximum atomic E-state index is 9.27. The lowest BCUT2D eigenvalue weighted by atomic mass is 9.98. The third-order valence-electron chi connectivity index (χ3n) is 3.50. The lowest BCUT2D eigenvalue weighted by molar-refractivity contribution is 0.478. The minimum absolute atomic E-state index is 0.485. The topological polar surface area (TPSA) is 45.9 Å². The van der Waals surface area contributed by atoms with Crippen LogP contribution < -0.4 is 4.74 Å². The molecule has 0 saturated heterocycles. The number of benzene rings is 1. The number of nitriles is 1. The van der Waals surface area contributed by atoms with E-state index in [4.69, 9.17) is 4.74 Å². The predicted octanol–water partition coefficient (Wildman–Crippen LogP) is 4.79. The van der Waals surface area contributed by atoms with Crippen molar-refractivity contribution in [2.24, 2.45) is 0 Å². The third-order valence-corrected chi connectivity index (χ3v) is 3.50. The molecule has 0 spiro atoms. The zero-order chi connectivity index (χ0) is 15.6. The van der Waals surface area contributed by atoms with Crippen molar-refractivity contribution in [3.63, 3.8) is 0 Å². The van der Waals surface area contributed by atoms with Crippen molar-refractivity contribution in [3.05, 3.63) is 52.3 Å². The van der Waals surface area contributed by atoms with Crippen LogP contribution in [0.15, 0.2) is 24.3 Å². The molecule has 0 N–H and O–H groups in total. The molecule has 2 aromatic rings. The maximum absolute atomic E-state index is 9.27. The lowest BCUT2D eigenvalue weighted by Gasteiger charge is -2.13. The smallest absolute Gasteiger partial charge is 0.148 e. The molecular formula is C18H20N2O. The van der Waals surface area contributed by atoms with Crippen molar-refractivity contribution in [1.29, 1.82) is 5.26 Å². The van der Waals surface area contributed by atoms with E-state index in [9.17, 15) is 5.26 Å². The van der Waals surface area contributed by atoms with Crippen LogP contribution in [0.1, 0.15) is 47.8 Å². The highest BCUT2D eigenvalue weighted by Crippen LogP contribution is 2.30. The fraction of sp³-hybridized carbons (Fsp3) is 0.333. The highest BCUT2D eigenvalue weighted by Gasteiger charge is 2.11. The minimum atomic E-state index is 0.485. The van der Waals surface area contributed by atoms with Crippen molar-refractivity contribution in [2.75, 3.05) is 0 Å². The number of nitrogens with zero attached hydrogens (tertiary/aromatic N) is 2. The van der Waals surface area contributed by atoms with Crippen molar-refractivity contribution in [3.8, 4) is 17.6 Å². The quantitative estimate of drug-likeness (QED) is 0.811. The lowest BCUT2D eigenvalue weighted by Crippen LogP contribution is -1.97. The molecule has 108 valence electrons. The fourth-order valence-electron chi connectivity index (χ4n) is 2.50. The van der Waals surface area contributed by atoms with Crippen LogP contribution in [0, 0.1) is 32.1 Å². The Balaban J connectivity index is 2.39. The van der Waals surface area contributed by atoms with Gasteiger partial charge in [-0.2, -0.15) is 5.26 Å². The zero-order valence-electron chi connectivity index (χ0n) is 13.2. The average molecular weight is 280 g/mol. The second-order valence-electron chi connectivity index (χ2n) is 5.61. The number of aryl methyl sites for hydroxylation is 3. The standard InChI is InChI=1S/C18H20N2O/c1-11(2)16-7-6-15(8-12(16)3)21-18-9-13(4)20-14(5)17(18)10-19/h6-9,11H,1-5H3. The predicted molar refractivity (Wildman–Crippen MR) is 83.8 cm³/mol. The van der Waals surface area contributed by atoms with E-state index in [1.54, 1.807) is 6.07 Å². The van der Waals surface area contributed by atoms with Gasteiger partial charge in [-0.1, -0.05) is 19.9 Å². The molecule has 1 aromatic heterocycles. The van der Waals surface area contributed by atoms with E-state index in [1.807, 2.05) is 26.0 Å². The van der Waals surface area contributed by atoms with Crippen molar-refractivity contribution in [2.45, 2.75) is 40.5 Å². The monoisotopic (exact) mass is 280 g/mol. The Morgan fingerprint density at radius 1 is 1.14 bits per heavy atom. The molecule has 3 nitrogen and oxygen atoms in total. The molecule has 1 aromatic carbocycles. The molecule has 2 rings (SSSR count).